The van der Waals surface area contributed by atoms with Gasteiger partial charge in [-0.2, -0.15) is 0 Å². The molecule has 0 fully saturated rings. The lowest BCUT2D eigenvalue weighted by Gasteiger charge is -2.13. The van der Waals surface area contributed by atoms with Crippen molar-refractivity contribution < 1.29 is 9.47 Å². The van der Waals surface area contributed by atoms with Gasteiger partial charge in [0.05, 0.1) is 19.9 Å². The van der Waals surface area contributed by atoms with E-state index in [-0.39, 0.29) is 5.95 Å². The van der Waals surface area contributed by atoms with Crippen LogP contribution in [-0.4, -0.2) is 24.2 Å². The Morgan fingerprint density at radius 3 is 2.61 bits per heavy atom. The van der Waals surface area contributed by atoms with Crippen LogP contribution >= 0.6 is 0 Å². The third-order valence-corrected chi connectivity index (χ3v) is 2.65. The van der Waals surface area contributed by atoms with Crippen LogP contribution in [-0.2, 0) is 0 Å². The molecular formula is C13H15N3O2. The molecule has 0 aliphatic carbocycles. The van der Waals surface area contributed by atoms with Gasteiger partial charge in [0, 0.05) is 11.8 Å². The standard InChI is InChI=1S/C13H15N3O2/c1-8-7-15-13(14)16-11(8)9-5-4-6-10(17-2)12(9)18-3/h4-7H,1-3H3,(H2,14,15,16). The Morgan fingerprint density at radius 2 is 1.94 bits per heavy atom. The third-order valence-electron chi connectivity index (χ3n) is 2.65. The van der Waals surface area contributed by atoms with Crippen molar-refractivity contribution >= 4 is 5.95 Å². The number of nitrogens with zero attached hydrogens (tertiary/aromatic N) is 2. The molecule has 0 unspecified atom stereocenters. The molecule has 2 rings (SSSR count). The number of hydrogen-bond donors (Lipinski definition) is 1. The van der Waals surface area contributed by atoms with Crippen molar-refractivity contribution in [3.05, 3.63) is 30.0 Å². The Hall–Kier alpha value is -2.30. The molecular weight excluding hydrogens is 230 g/mol. The van der Waals surface area contributed by atoms with Crippen LogP contribution in [0.5, 0.6) is 11.5 Å². The average Bonchev–Trinajstić information content (AvgIpc) is 2.40. The van der Waals surface area contributed by atoms with Crippen LogP contribution in [0.1, 0.15) is 5.56 Å². The average molecular weight is 245 g/mol. The van der Waals surface area contributed by atoms with Crippen molar-refractivity contribution in [3.8, 4) is 22.8 Å². The zero-order valence-electron chi connectivity index (χ0n) is 10.6. The van der Waals surface area contributed by atoms with E-state index in [2.05, 4.69) is 9.97 Å². The molecule has 0 saturated heterocycles. The summed E-state index contributed by atoms with van der Waals surface area (Å²) in [6, 6.07) is 5.63. The van der Waals surface area contributed by atoms with Crippen molar-refractivity contribution in [2.24, 2.45) is 0 Å². The van der Waals surface area contributed by atoms with Gasteiger partial charge < -0.3 is 15.2 Å². The number of aryl methyl sites for hydroxylation is 1. The number of rotatable bonds is 3. The minimum absolute atomic E-state index is 0.237. The van der Waals surface area contributed by atoms with Crippen LogP contribution in [0, 0.1) is 6.92 Å². The number of para-hydroxylation sites is 1. The monoisotopic (exact) mass is 245 g/mol. The second-order valence-corrected chi connectivity index (χ2v) is 3.80. The molecule has 0 saturated carbocycles. The highest BCUT2D eigenvalue weighted by atomic mass is 16.5. The molecule has 0 amide bonds. The molecule has 0 bridgehead atoms. The normalized spacial score (nSPS) is 10.2. The van der Waals surface area contributed by atoms with Gasteiger partial charge in [0.1, 0.15) is 0 Å². The molecule has 94 valence electrons. The summed E-state index contributed by atoms with van der Waals surface area (Å²) < 4.78 is 10.7. The number of benzene rings is 1. The van der Waals surface area contributed by atoms with Gasteiger partial charge in [0.2, 0.25) is 5.95 Å². The Kier molecular flexibility index (Phi) is 3.32. The number of nitrogens with two attached hydrogens (primary N) is 1. The number of aromatic nitrogens is 2. The smallest absolute Gasteiger partial charge is 0.220 e. The Bertz CT molecular complexity index is 570. The minimum atomic E-state index is 0.237. The first-order valence-corrected chi connectivity index (χ1v) is 5.48. The maximum atomic E-state index is 5.63. The van der Waals surface area contributed by atoms with Crippen LogP contribution < -0.4 is 15.2 Å². The molecule has 1 heterocycles. The van der Waals surface area contributed by atoms with E-state index < -0.39 is 0 Å². The summed E-state index contributed by atoms with van der Waals surface area (Å²) in [5.74, 6) is 1.54. The highest BCUT2D eigenvalue weighted by molar-refractivity contribution is 5.73. The van der Waals surface area contributed by atoms with Gasteiger partial charge in [-0.15, -0.1) is 0 Å². The van der Waals surface area contributed by atoms with Gasteiger partial charge in [-0.3, -0.25) is 0 Å². The van der Waals surface area contributed by atoms with Gasteiger partial charge in [-0.05, 0) is 24.6 Å². The van der Waals surface area contributed by atoms with Gasteiger partial charge in [-0.25, -0.2) is 9.97 Å². The SMILES string of the molecule is COc1cccc(-c2nc(N)ncc2C)c1OC. The molecule has 0 aliphatic rings. The number of nitrogen functional groups attached to an aromatic ring is 1. The molecule has 0 spiro atoms. The van der Waals surface area contributed by atoms with Crippen molar-refractivity contribution in [1.82, 2.24) is 9.97 Å². The van der Waals surface area contributed by atoms with Crippen molar-refractivity contribution in [1.29, 1.82) is 0 Å². The molecule has 2 aromatic rings. The van der Waals surface area contributed by atoms with Crippen molar-refractivity contribution in [2.45, 2.75) is 6.92 Å². The molecule has 5 nitrogen and oxygen atoms in total. The number of ether oxygens (including phenoxy) is 2. The first kappa shape index (κ1) is 12.2. The quantitative estimate of drug-likeness (QED) is 0.896. The van der Waals surface area contributed by atoms with Crippen LogP contribution in [0.15, 0.2) is 24.4 Å². The summed E-state index contributed by atoms with van der Waals surface area (Å²) in [5.41, 5.74) is 8.14. The second-order valence-electron chi connectivity index (χ2n) is 3.80. The first-order chi connectivity index (χ1) is 8.67. The fourth-order valence-electron chi connectivity index (χ4n) is 1.80. The maximum Gasteiger partial charge on any atom is 0.220 e. The van der Waals surface area contributed by atoms with E-state index in [1.54, 1.807) is 20.4 Å². The zero-order valence-corrected chi connectivity index (χ0v) is 10.6. The third kappa shape index (κ3) is 2.07. The van der Waals surface area contributed by atoms with E-state index in [0.717, 1.165) is 16.8 Å². The predicted octanol–water partition coefficient (Wildman–Crippen LogP) is 2.05. The maximum absolute atomic E-state index is 5.63. The molecule has 1 aromatic carbocycles. The van der Waals surface area contributed by atoms with E-state index in [1.165, 1.54) is 0 Å². The van der Waals surface area contributed by atoms with Crippen molar-refractivity contribution in [3.63, 3.8) is 0 Å². The summed E-state index contributed by atoms with van der Waals surface area (Å²) in [4.78, 5) is 8.22. The van der Waals surface area contributed by atoms with Crippen LogP contribution in [0.25, 0.3) is 11.3 Å². The number of hydrogen-bond acceptors (Lipinski definition) is 5. The molecule has 2 N–H and O–H groups in total. The fraction of sp³-hybridized carbons (Fsp3) is 0.231. The van der Waals surface area contributed by atoms with Crippen LogP contribution in [0.4, 0.5) is 5.95 Å². The molecule has 0 radical (unpaired) electrons. The summed E-state index contributed by atoms with van der Waals surface area (Å²) in [7, 11) is 3.20. The van der Waals surface area contributed by atoms with E-state index in [4.69, 9.17) is 15.2 Å². The van der Waals surface area contributed by atoms with Crippen molar-refractivity contribution in [2.75, 3.05) is 20.0 Å². The predicted molar refractivity (Wildman–Crippen MR) is 69.7 cm³/mol. The second kappa shape index (κ2) is 4.91. The lowest BCUT2D eigenvalue weighted by molar-refractivity contribution is 0.356. The summed E-state index contributed by atoms with van der Waals surface area (Å²) in [5, 5.41) is 0. The Labute approximate surface area is 106 Å². The van der Waals surface area contributed by atoms with Gasteiger partial charge in [-0.1, -0.05) is 6.07 Å². The lowest BCUT2D eigenvalue weighted by atomic mass is 10.1. The molecule has 0 aliphatic heterocycles. The van der Waals surface area contributed by atoms with Gasteiger partial charge in [0.15, 0.2) is 11.5 Å². The Morgan fingerprint density at radius 1 is 1.17 bits per heavy atom. The van der Waals surface area contributed by atoms with E-state index >= 15 is 0 Å². The summed E-state index contributed by atoms with van der Waals surface area (Å²) >= 11 is 0. The molecule has 18 heavy (non-hydrogen) atoms. The molecule has 5 heteroatoms. The lowest BCUT2D eigenvalue weighted by Crippen LogP contribution is -2.00. The van der Waals surface area contributed by atoms with Gasteiger partial charge in [0.25, 0.3) is 0 Å². The Balaban J connectivity index is 2.66. The molecule has 1 aromatic heterocycles. The van der Waals surface area contributed by atoms with Gasteiger partial charge >= 0.3 is 0 Å². The fourth-order valence-corrected chi connectivity index (χ4v) is 1.80. The summed E-state index contributed by atoms with van der Waals surface area (Å²) in [6.07, 6.45) is 1.69. The number of anilines is 1. The van der Waals surface area contributed by atoms with E-state index in [0.29, 0.717) is 11.5 Å². The van der Waals surface area contributed by atoms with Crippen LogP contribution in [0.2, 0.25) is 0 Å². The molecule has 0 atom stereocenters. The minimum Gasteiger partial charge on any atom is -0.493 e. The zero-order chi connectivity index (χ0) is 13.1. The van der Waals surface area contributed by atoms with Crippen LogP contribution in [0.3, 0.4) is 0 Å². The van der Waals surface area contributed by atoms with E-state index in [1.807, 2.05) is 25.1 Å². The first-order valence-electron chi connectivity index (χ1n) is 5.48. The summed E-state index contributed by atoms with van der Waals surface area (Å²) in [6.45, 7) is 1.92. The topological polar surface area (TPSA) is 70.3 Å². The largest absolute Gasteiger partial charge is 0.493 e. The highest BCUT2D eigenvalue weighted by Crippen LogP contribution is 2.38. The van der Waals surface area contributed by atoms with E-state index in [9.17, 15) is 0 Å². The highest BCUT2D eigenvalue weighted by Gasteiger charge is 2.14. The number of methoxy groups -OCH3 is 2.